The van der Waals surface area contributed by atoms with Gasteiger partial charge in [0.05, 0.1) is 4.90 Å². The lowest BCUT2D eigenvalue weighted by atomic mass is 10.1. The lowest BCUT2D eigenvalue weighted by Crippen LogP contribution is -2.24. The molecule has 0 bridgehead atoms. The van der Waals surface area contributed by atoms with Crippen molar-refractivity contribution in [2.45, 2.75) is 51.3 Å². The summed E-state index contributed by atoms with van der Waals surface area (Å²) in [6.45, 7) is 6.51. The fourth-order valence-corrected chi connectivity index (χ4v) is 3.72. The lowest BCUT2D eigenvalue weighted by Gasteiger charge is -2.09. The molecule has 0 saturated heterocycles. The summed E-state index contributed by atoms with van der Waals surface area (Å²) >= 11 is 0. The summed E-state index contributed by atoms with van der Waals surface area (Å²) in [7, 11) is -3.52. The molecule has 5 nitrogen and oxygen atoms in total. The van der Waals surface area contributed by atoms with E-state index in [1.807, 2.05) is 26.0 Å². The summed E-state index contributed by atoms with van der Waals surface area (Å²) in [5, 5.41) is 2.80. The summed E-state index contributed by atoms with van der Waals surface area (Å²) in [4.78, 5) is 12.5. The van der Waals surface area contributed by atoms with Crippen molar-refractivity contribution >= 4 is 21.6 Å². The van der Waals surface area contributed by atoms with Crippen molar-refractivity contribution in [1.29, 1.82) is 0 Å². The molecule has 0 spiro atoms. The summed E-state index contributed by atoms with van der Waals surface area (Å²) in [6, 6.07) is 11.7. The van der Waals surface area contributed by atoms with E-state index >= 15 is 0 Å². The fraction of sp³-hybridized carbons (Fsp3) is 0.381. The largest absolute Gasteiger partial charge is 0.322 e. The van der Waals surface area contributed by atoms with Gasteiger partial charge in [0, 0.05) is 17.8 Å². The molecule has 0 unspecified atom stereocenters. The Labute approximate surface area is 162 Å². The van der Waals surface area contributed by atoms with Crippen molar-refractivity contribution in [3.63, 3.8) is 0 Å². The Balaban J connectivity index is 1.97. The summed E-state index contributed by atoms with van der Waals surface area (Å²) < 4.78 is 27.2. The van der Waals surface area contributed by atoms with Gasteiger partial charge in [0.25, 0.3) is 5.91 Å². The third-order valence-corrected chi connectivity index (χ3v) is 5.99. The van der Waals surface area contributed by atoms with E-state index in [1.165, 1.54) is 12.1 Å². The number of hydrogen-bond acceptors (Lipinski definition) is 3. The van der Waals surface area contributed by atoms with Gasteiger partial charge in [-0.2, -0.15) is 0 Å². The zero-order chi connectivity index (χ0) is 19.9. The average Bonchev–Trinajstić information content (AvgIpc) is 2.64. The number of carbonyl (C=O) groups is 1. The van der Waals surface area contributed by atoms with E-state index in [9.17, 15) is 13.2 Å². The number of nitrogens with one attached hydrogen (secondary N) is 2. The third-order valence-electron chi connectivity index (χ3n) is 4.51. The topological polar surface area (TPSA) is 75.3 Å². The maximum Gasteiger partial charge on any atom is 0.255 e. The van der Waals surface area contributed by atoms with Crippen molar-refractivity contribution in [2.75, 3.05) is 11.9 Å². The molecule has 0 atom stereocenters. The highest BCUT2D eigenvalue weighted by Gasteiger charge is 2.13. The first-order valence-electron chi connectivity index (χ1n) is 9.32. The molecule has 0 aliphatic heterocycles. The Hall–Kier alpha value is -2.18. The minimum atomic E-state index is -3.52. The number of amides is 1. The van der Waals surface area contributed by atoms with Crippen molar-refractivity contribution in [3.8, 4) is 0 Å². The number of aryl methyl sites for hydroxylation is 2. The van der Waals surface area contributed by atoms with Gasteiger partial charge in [0.2, 0.25) is 10.0 Å². The predicted molar refractivity (Wildman–Crippen MR) is 110 cm³/mol. The van der Waals surface area contributed by atoms with Crippen molar-refractivity contribution in [2.24, 2.45) is 0 Å². The molecule has 1 amide bonds. The lowest BCUT2D eigenvalue weighted by molar-refractivity contribution is 0.102. The Bertz CT molecular complexity index is 875. The molecule has 0 radical (unpaired) electrons. The first-order chi connectivity index (χ1) is 12.8. The van der Waals surface area contributed by atoms with E-state index in [2.05, 4.69) is 17.0 Å². The first-order valence-corrected chi connectivity index (χ1v) is 10.8. The molecule has 0 aliphatic carbocycles. The Morgan fingerprint density at radius 3 is 2.26 bits per heavy atom. The number of unbranched alkanes of at least 4 members (excludes halogenated alkanes) is 3. The van der Waals surface area contributed by atoms with Gasteiger partial charge in [-0.15, -0.1) is 0 Å². The second-order valence-electron chi connectivity index (χ2n) is 6.74. The van der Waals surface area contributed by atoms with Crippen LogP contribution in [0.4, 0.5) is 5.69 Å². The number of anilines is 1. The van der Waals surface area contributed by atoms with Crippen molar-refractivity contribution < 1.29 is 13.2 Å². The van der Waals surface area contributed by atoms with Crippen LogP contribution >= 0.6 is 0 Å². The summed E-state index contributed by atoms with van der Waals surface area (Å²) in [5.41, 5.74) is 3.31. The maximum absolute atomic E-state index is 12.3. The zero-order valence-corrected chi connectivity index (χ0v) is 17.0. The maximum atomic E-state index is 12.3. The average molecular weight is 389 g/mol. The molecular formula is C21H28N2O3S. The molecule has 0 aromatic heterocycles. The molecule has 2 aromatic rings. The van der Waals surface area contributed by atoms with Gasteiger partial charge < -0.3 is 5.32 Å². The van der Waals surface area contributed by atoms with Gasteiger partial charge in [-0.1, -0.05) is 32.3 Å². The smallest absolute Gasteiger partial charge is 0.255 e. The molecular weight excluding hydrogens is 360 g/mol. The SMILES string of the molecule is CCCCCCNS(=O)(=O)c1ccc(NC(=O)c2ccc(C)c(C)c2)cc1. The molecule has 0 heterocycles. The zero-order valence-electron chi connectivity index (χ0n) is 16.2. The normalized spacial score (nSPS) is 11.4. The minimum absolute atomic E-state index is 0.196. The Kier molecular flexibility index (Phi) is 7.56. The minimum Gasteiger partial charge on any atom is -0.322 e. The van der Waals surface area contributed by atoms with Crippen LogP contribution in [0.2, 0.25) is 0 Å². The molecule has 0 saturated carbocycles. The van der Waals surface area contributed by atoms with Gasteiger partial charge in [0.15, 0.2) is 0 Å². The molecule has 0 fully saturated rings. The van der Waals surface area contributed by atoms with E-state index in [1.54, 1.807) is 18.2 Å². The van der Waals surface area contributed by atoms with Gasteiger partial charge in [0.1, 0.15) is 0 Å². The van der Waals surface area contributed by atoms with E-state index in [0.717, 1.165) is 36.8 Å². The molecule has 2 N–H and O–H groups in total. The van der Waals surface area contributed by atoms with Crippen LogP contribution in [-0.2, 0) is 10.0 Å². The Morgan fingerprint density at radius 2 is 1.63 bits per heavy atom. The second-order valence-corrected chi connectivity index (χ2v) is 8.50. The van der Waals surface area contributed by atoms with Gasteiger partial charge >= 0.3 is 0 Å². The highest BCUT2D eigenvalue weighted by atomic mass is 32.2. The van der Waals surface area contributed by atoms with Crippen LogP contribution < -0.4 is 10.0 Å². The fourth-order valence-electron chi connectivity index (χ4n) is 2.64. The summed E-state index contributed by atoms with van der Waals surface area (Å²) in [5.74, 6) is -0.220. The molecule has 146 valence electrons. The van der Waals surface area contributed by atoms with Crippen LogP contribution in [0, 0.1) is 13.8 Å². The number of benzene rings is 2. The molecule has 2 rings (SSSR count). The quantitative estimate of drug-likeness (QED) is 0.625. The first kappa shape index (κ1) is 21.1. The van der Waals surface area contributed by atoms with Crippen LogP contribution in [0.25, 0.3) is 0 Å². The van der Waals surface area contributed by atoms with Crippen LogP contribution in [0.3, 0.4) is 0 Å². The monoisotopic (exact) mass is 388 g/mol. The van der Waals surface area contributed by atoms with Gasteiger partial charge in [-0.05, 0) is 67.8 Å². The predicted octanol–water partition coefficient (Wildman–Crippen LogP) is 4.41. The number of hydrogen-bond donors (Lipinski definition) is 2. The second kappa shape index (κ2) is 9.67. The van der Waals surface area contributed by atoms with Gasteiger partial charge in [-0.3, -0.25) is 4.79 Å². The van der Waals surface area contributed by atoms with Crippen LogP contribution in [0.1, 0.15) is 54.1 Å². The van der Waals surface area contributed by atoms with Crippen LogP contribution in [0.15, 0.2) is 47.4 Å². The highest BCUT2D eigenvalue weighted by molar-refractivity contribution is 7.89. The van der Waals surface area contributed by atoms with E-state index < -0.39 is 10.0 Å². The van der Waals surface area contributed by atoms with Gasteiger partial charge in [-0.25, -0.2) is 13.1 Å². The molecule has 27 heavy (non-hydrogen) atoms. The standard InChI is InChI=1S/C21H28N2O3S/c1-4-5-6-7-14-22-27(25,26)20-12-10-19(11-13-20)23-21(24)18-9-8-16(2)17(3)15-18/h8-13,15,22H,4-7,14H2,1-3H3,(H,23,24). The molecule has 6 heteroatoms. The highest BCUT2D eigenvalue weighted by Crippen LogP contribution is 2.16. The number of rotatable bonds is 9. The van der Waals surface area contributed by atoms with Crippen LogP contribution in [-0.4, -0.2) is 20.9 Å². The molecule has 0 aliphatic rings. The number of sulfonamides is 1. The van der Waals surface area contributed by atoms with Crippen molar-refractivity contribution in [3.05, 3.63) is 59.2 Å². The number of carbonyl (C=O) groups excluding carboxylic acids is 1. The van der Waals surface area contributed by atoms with E-state index in [4.69, 9.17) is 0 Å². The molecule has 2 aromatic carbocycles. The van der Waals surface area contributed by atoms with Crippen molar-refractivity contribution in [1.82, 2.24) is 4.72 Å². The Morgan fingerprint density at radius 1 is 0.926 bits per heavy atom. The van der Waals surface area contributed by atoms with E-state index in [0.29, 0.717) is 17.8 Å². The summed E-state index contributed by atoms with van der Waals surface area (Å²) in [6.07, 6.45) is 4.07. The van der Waals surface area contributed by atoms with Crippen LogP contribution in [0.5, 0.6) is 0 Å². The van der Waals surface area contributed by atoms with E-state index in [-0.39, 0.29) is 10.8 Å². The third kappa shape index (κ3) is 6.19.